The van der Waals surface area contributed by atoms with Gasteiger partial charge in [-0.2, -0.15) is 0 Å². The molecule has 0 spiro atoms. The van der Waals surface area contributed by atoms with Gasteiger partial charge < -0.3 is 14.8 Å². The van der Waals surface area contributed by atoms with Crippen LogP contribution in [0, 0.1) is 0 Å². The Labute approximate surface area is 141 Å². The number of rotatable bonds is 10. The first-order valence-electron chi connectivity index (χ1n) is 8.71. The summed E-state index contributed by atoms with van der Waals surface area (Å²) in [6, 6.07) is 4.46. The molecule has 130 valence electrons. The third-order valence-corrected chi connectivity index (χ3v) is 4.29. The van der Waals surface area contributed by atoms with Gasteiger partial charge in [0.05, 0.1) is 12.3 Å². The monoisotopic (exact) mass is 320 g/mol. The van der Waals surface area contributed by atoms with Crippen LogP contribution in [-0.4, -0.2) is 37.7 Å². The lowest BCUT2D eigenvalue weighted by Gasteiger charge is -2.28. The number of methoxy groups -OCH3 is 1. The SMILES string of the molecule is CCCCN(CCOC)c1cc(/C(C)=N\O)c(CC)cc1CC. The van der Waals surface area contributed by atoms with E-state index in [-0.39, 0.29) is 0 Å². The van der Waals surface area contributed by atoms with Crippen molar-refractivity contribution >= 4 is 11.4 Å². The van der Waals surface area contributed by atoms with Gasteiger partial charge in [-0.3, -0.25) is 0 Å². The first kappa shape index (κ1) is 19.5. The van der Waals surface area contributed by atoms with Crippen LogP contribution in [-0.2, 0) is 17.6 Å². The second-order valence-electron chi connectivity index (χ2n) is 5.86. The van der Waals surface area contributed by atoms with Crippen LogP contribution >= 0.6 is 0 Å². The molecule has 0 aliphatic carbocycles. The van der Waals surface area contributed by atoms with Crippen molar-refractivity contribution in [3.63, 3.8) is 0 Å². The molecule has 0 fully saturated rings. The Hall–Kier alpha value is -1.55. The normalized spacial score (nSPS) is 11.8. The Kier molecular flexibility index (Phi) is 8.70. The van der Waals surface area contributed by atoms with E-state index in [0.717, 1.165) is 37.9 Å². The lowest BCUT2D eigenvalue weighted by Crippen LogP contribution is -2.29. The molecule has 0 aliphatic rings. The fraction of sp³-hybridized carbons (Fsp3) is 0.632. The number of ether oxygens (including phenoxy) is 1. The highest BCUT2D eigenvalue weighted by Crippen LogP contribution is 2.27. The van der Waals surface area contributed by atoms with Crippen molar-refractivity contribution in [1.82, 2.24) is 0 Å². The number of hydrogen-bond acceptors (Lipinski definition) is 4. The summed E-state index contributed by atoms with van der Waals surface area (Å²) in [7, 11) is 1.74. The molecule has 0 atom stereocenters. The van der Waals surface area contributed by atoms with Gasteiger partial charge in [-0.1, -0.05) is 38.4 Å². The Balaban J connectivity index is 3.32. The third-order valence-electron chi connectivity index (χ3n) is 4.29. The van der Waals surface area contributed by atoms with Crippen molar-refractivity contribution in [1.29, 1.82) is 0 Å². The van der Waals surface area contributed by atoms with Gasteiger partial charge in [-0.05, 0) is 43.4 Å². The smallest absolute Gasteiger partial charge is 0.0840 e. The summed E-state index contributed by atoms with van der Waals surface area (Å²) in [6.45, 7) is 11.0. The van der Waals surface area contributed by atoms with Gasteiger partial charge in [0.15, 0.2) is 0 Å². The average Bonchev–Trinajstić information content (AvgIpc) is 2.60. The second kappa shape index (κ2) is 10.3. The van der Waals surface area contributed by atoms with Crippen molar-refractivity contribution < 1.29 is 9.94 Å². The van der Waals surface area contributed by atoms with E-state index in [1.807, 2.05) is 6.92 Å². The van der Waals surface area contributed by atoms with Crippen molar-refractivity contribution in [2.75, 3.05) is 31.7 Å². The van der Waals surface area contributed by atoms with Crippen LogP contribution in [0.2, 0.25) is 0 Å². The highest BCUT2D eigenvalue weighted by molar-refractivity contribution is 6.00. The zero-order valence-electron chi connectivity index (χ0n) is 15.4. The summed E-state index contributed by atoms with van der Waals surface area (Å²) >= 11 is 0. The van der Waals surface area contributed by atoms with E-state index in [9.17, 15) is 5.21 Å². The lowest BCUT2D eigenvalue weighted by atomic mass is 9.95. The van der Waals surface area contributed by atoms with Crippen LogP contribution in [0.3, 0.4) is 0 Å². The maximum Gasteiger partial charge on any atom is 0.0840 e. The van der Waals surface area contributed by atoms with Gasteiger partial charge in [0.25, 0.3) is 0 Å². The van der Waals surface area contributed by atoms with E-state index >= 15 is 0 Å². The first-order valence-corrected chi connectivity index (χ1v) is 8.71. The summed E-state index contributed by atoms with van der Waals surface area (Å²) in [6.07, 6.45) is 4.25. The van der Waals surface area contributed by atoms with Gasteiger partial charge in [0, 0.05) is 31.5 Å². The van der Waals surface area contributed by atoms with Gasteiger partial charge >= 0.3 is 0 Å². The molecule has 0 unspecified atom stereocenters. The molecule has 1 aromatic rings. The van der Waals surface area contributed by atoms with Crippen molar-refractivity contribution in [2.45, 2.75) is 53.4 Å². The van der Waals surface area contributed by atoms with Crippen LogP contribution in [0.15, 0.2) is 17.3 Å². The van der Waals surface area contributed by atoms with Crippen LogP contribution < -0.4 is 4.90 Å². The van der Waals surface area contributed by atoms with Gasteiger partial charge in [0.2, 0.25) is 0 Å². The van der Waals surface area contributed by atoms with Crippen molar-refractivity contribution in [2.24, 2.45) is 5.16 Å². The predicted molar refractivity (Wildman–Crippen MR) is 98.2 cm³/mol. The second-order valence-corrected chi connectivity index (χ2v) is 5.86. The molecule has 0 amide bonds. The molecule has 0 saturated heterocycles. The minimum atomic E-state index is 0.674. The summed E-state index contributed by atoms with van der Waals surface area (Å²) < 4.78 is 5.29. The van der Waals surface area contributed by atoms with E-state index in [4.69, 9.17) is 4.74 Å². The molecule has 23 heavy (non-hydrogen) atoms. The molecular formula is C19H32N2O2. The molecule has 4 nitrogen and oxygen atoms in total. The van der Waals surface area contributed by atoms with Crippen LogP contribution in [0.4, 0.5) is 5.69 Å². The molecule has 0 radical (unpaired) electrons. The molecular weight excluding hydrogens is 288 g/mol. The highest BCUT2D eigenvalue weighted by Gasteiger charge is 2.15. The number of unbranched alkanes of at least 4 members (excludes halogenated alkanes) is 1. The third kappa shape index (κ3) is 5.24. The molecule has 0 aromatic heterocycles. The Morgan fingerprint density at radius 2 is 1.83 bits per heavy atom. The van der Waals surface area contributed by atoms with Crippen LogP contribution in [0.5, 0.6) is 0 Å². The summed E-state index contributed by atoms with van der Waals surface area (Å²) in [5.74, 6) is 0. The molecule has 1 aromatic carbocycles. The molecule has 0 heterocycles. The fourth-order valence-corrected chi connectivity index (χ4v) is 2.85. The molecule has 0 saturated carbocycles. The lowest BCUT2D eigenvalue weighted by molar-refractivity contribution is 0.205. The molecule has 1 rings (SSSR count). The molecule has 4 heteroatoms. The van der Waals surface area contributed by atoms with E-state index in [1.165, 1.54) is 23.2 Å². The van der Waals surface area contributed by atoms with E-state index in [2.05, 4.69) is 43.0 Å². The number of oxime groups is 1. The van der Waals surface area contributed by atoms with Gasteiger partial charge in [0.1, 0.15) is 0 Å². The maximum absolute atomic E-state index is 9.20. The van der Waals surface area contributed by atoms with Gasteiger partial charge in [-0.25, -0.2) is 0 Å². The molecule has 1 N–H and O–H groups in total. The minimum absolute atomic E-state index is 0.674. The number of anilines is 1. The summed E-state index contributed by atoms with van der Waals surface area (Å²) in [5.41, 5.74) is 5.55. The number of hydrogen-bond donors (Lipinski definition) is 1. The Morgan fingerprint density at radius 1 is 1.13 bits per heavy atom. The molecule has 0 bridgehead atoms. The Morgan fingerprint density at radius 3 is 2.35 bits per heavy atom. The van der Waals surface area contributed by atoms with Gasteiger partial charge in [-0.15, -0.1) is 0 Å². The van der Waals surface area contributed by atoms with E-state index < -0.39 is 0 Å². The minimum Gasteiger partial charge on any atom is -0.411 e. The number of nitrogens with zero attached hydrogens (tertiary/aromatic N) is 2. The highest BCUT2D eigenvalue weighted by atomic mass is 16.5. The zero-order chi connectivity index (χ0) is 17.2. The van der Waals surface area contributed by atoms with Crippen LogP contribution in [0.1, 0.15) is 57.2 Å². The van der Waals surface area contributed by atoms with Crippen molar-refractivity contribution in [3.05, 3.63) is 28.8 Å². The first-order chi connectivity index (χ1) is 11.1. The largest absolute Gasteiger partial charge is 0.411 e. The standard InChI is InChI=1S/C19H32N2O2/c1-6-9-10-21(11-12-23-5)19-14-18(15(4)20-22)16(7-2)13-17(19)8-3/h13-14,22H,6-12H2,1-5H3/b20-15-. The number of aryl methyl sites for hydroxylation is 2. The quantitative estimate of drug-likeness (QED) is 0.398. The average molecular weight is 320 g/mol. The van der Waals surface area contributed by atoms with E-state index in [0.29, 0.717) is 12.3 Å². The Bertz CT molecular complexity index is 504. The summed E-state index contributed by atoms with van der Waals surface area (Å²) in [5, 5.41) is 12.6. The number of benzene rings is 1. The summed E-state index contributed by atoms with van der Waals surface area (Å²) in [4.78, 5) is 2.40. The van der Waals surface area contributed by atoms with Crippen molar-refractivity contribution in [3.8, 4) is 0 Å². The predicted octanol–water partition coefficient (Wildman–Crippen LogP) is 4.26. The zero-order valence-corrected chi connectivity index (χ0v) is 15.4. The molecule has 0 aliphatic heterocycles. The maximum atomic E-state index is 9.20. The fourth-order valence-electron chi connectivity index (χ4n) is 2.85. The van der Waals surface area contributed by atoms with Crippen LogP contribution in [0.25, 0.3) is 0 Å². The topological polar surface area (TPSA) is 45.1 Å². The van der Waals surface area contributed by atoms with E-state index in [1.54, 1.807) is 7.11 Å².